The van der Waals surface area contributed by atoms with Crippen LogP contribution in [0.15, 0.2) is 24.3 Å². The average Bonchev–Trinajstić information content (AvgIpc) is 3.22. The number of para-hydroxylation sites is 1. The van der Waals surface area contributed by atoms with E-state index in [2.05, 4.69) is 25.8 Å². The van der Waals surface area contributed by atoms with Gasteiger partial charge in [0.1, 0.15) is 5.52 Å². The third kappa shape index (κ3) is 3.15. The zero-order valence-corrected chi connectivity index (χ0v) is 10.5. The fourth-order valence-electron chi connectivity index (χ4n) is 1.77. The highest BCUT2D eigenvalue weighted by molar-refractivity contribution is 5.77. The van der Waals surface area contributed by atoms with Gasteiger partial charge in [0, 0.05) is 19.0 Å². The summed E-state index contributed by atoms with van der Waals surface area (Å²) in [6.07, 6.45) is 2.64. The molecule has 0 aliphatic heterocycles. The first-order chi connectivity index (χ1) is 9.31. The first kappa shape index (κ1) is 11.8. The molecule has 2 N–H and O–H groups in total. The fourth-order valence-corrected chi connectivity index (χ4v) is 1.77. The van der Waals surface area contributed by atoms with Gasteiger partial charge in [0.2, 0.25) is 11.9 Å². The smallest absolute Gasteiger partial charge is 0.243 e. The van der Waals surface area contributed by atoms with Crippen LogP contribution in [0.25, 0.3) is 11.0 Å². The van der Waals surface area contributed by atoms with E-state index in [0.717, 1.165) is 23.9 Å². The highest BCUT2D eigenvalue weighted by atomic mass is 16.1. The molecule has 0 radical (unpaired) electrons. The van der Waals surface area contributed by atoms with Gasteiger partial charge in [0.05, 0.1) is 5.52 Å². The Hall–Kier alpha value is -2.24. The number of hydrogen-bond acceptors (Lipinski definition) is 5. The molecule has 6 nitrogen and oxygen atoms in total. The number of nitrogens with zero attached hydrogens (tertiary/aromatic N) is 3. The number of hydrogen-bond donors (Lipinski definition) is 2. The van der Waals surface area contributed by atoms with Crippen LogP contribution >= 0.6 is 0 Å². The van der Waals surface area contributed by atoms with E-state index in [9.17, 15) is 4.79 Å². The van der Waals surface area contributed by atoms with E-state index < -0.39 is 0 Å². The lowest BCUT2D eigenvalue weighted by molar-refractivity contribution is -0.120. The Morgan fingerprint density at radius 1 is 1.21 bits per heavy atom. The Labute approximate surface area is 110 Å². The van der Waals surface area contributed by atoms with E-state index in [0.29, 0.717) is 25.0 Å². The second-order valence-corrected chi connectivity index (χ2v) is 4.64. The van der Waals surface area contributed by atoms with E-state index >= 15 is 0 Å². The van der Waals surface area contributed by atoms with Gasteiger partial charge in [0.15, 0.2) is 0 Å². The Morgan fingerprint density at radius 2 is 2.00 bits per heavy atom. The van der Waals surface area contributed by atoms with Crippen LogP contribution in [0.2, 0.25) is 0 Å². The summed E-state index contributed by atoms with van der Waals surface area (Å²) in [5, 5.41) is 14.0. The lowest BCUT2D eigenvalue weighted by atomic mass is 10.3. The van der Waals surface area contributed by atoms with E-state index in [1.54, 1.807) is 0 Å². The third-order valence-electron chi connectivity index (χ3n) is 2.94. The zero-order chi connectivity index (χ0) is 13.1. The van der Waals surface area contributed by atoms with Crippen LogP contribution in [0.1, 0.15) is 19.3 Å². The maximum absolute atomic E-state index is 11.5. The summed E-state index contributed by atoms with van der Waals surface area (Å²) in [6.45, 7) is 0.512. The van der Waals surface area contributed by atoms with Crippen molar-refractivity contribution in [1.29, 1.82) is 0 Å². The topological polar surface area (TPSA) is 79.8 Å². The number of rotatable bonds is 5. The fraction of sp³-hybridized carbons (Fsp3) is 0.385. The van der Waals surface area contributed by atoms with Crippen molar-refractivity contribution in [2.24, 2.45) is 0 Å². The van der Waals surface area contributed by atoms with Crippen LogP contribution in [0.4, 0.5) is 5.95 Å². The molecule has 0 atom stereocenters. The minimum Gasteiger partial charge on any atom is -0.353 e. The first-order valence-electron chi connectivity index (χ1n) is 6.44. The lowest BCUT2D eigenvalue weighted by Gasteiger charge is -2.05. The minimum absolute atomic E-state index is 0.0729. The molecule has 1 heterocycles. The van der Waals surface area contributed by atoms with Crippen molar-refractivity contribution in [3.05, 3.63) is 24.3 Å². The predicted octanol–water partition coefficient (Wildman–Crippen LogP) is 1.11. The number of aromatic nitrogens is 3. The Morgan fingerprint density at radius 3 is 2.79 bits per heavy atom. The van der Waals surface area contributed by atoms with E-state index in [1.807, 2.05) is 24.3 Å². The standard InChI is InChI=1S/C13H15N5O/c19-12(15-9-5-6-9)7-8-14-13-16-10-3-1-2-4-11(10)17-18-13/h1-4,9H,5-8H2,(H,15,19)(H,14,16,18). The summed E-state index contributed by atoms with van der Waals surface area (Å²) in [5.41, 5.74) is 1.56. The van der Waals surface area contributed by atoms with Gasteiger partial charge in [0.25, 0.3) is 0 Å². The van der Waals surface area contributed by atoms with Crippen molar-refractivity contribution in [2.75, 3.05) is 11.9 Å². The molecule has 0 bridgehead atoms. The normalized spacial score (nSPS) is 14.3. The van der Waals surface area contributed by atoms with Gasteiger partial charge in [-0.15, -0.1) is 10.2 Å². The molecule has 1 aromatic heterocycles. The van der Waals surface area contributed by atoms with Crippen LogP contribution < -0.4 is 10.6 Å². The van der Waals surface area contributed by atoms with Gasteiger partial charge >= 0.3 is 0 Å². The maximum Gasteiger partial charge on any atom is 0.243 e. The van der Waals surface area contributed by atoms with Crippen molar-refractivity contribution >= 4 is 22.9 Å². The van der Waals surface area contributed by atoms with E-state index in [-0.39, 0.29) is 5.91 Å². The summed E-state index contributed by atoms with van der Waals surface area (Å²) < 4.78 is 0. The van der Waals surface area contributed by atoms with Gasteiger partial charge < -0.3 is 10.6 Å². The summed E-state index contributed by atoms with van der Waals surface area (Å²) in [6, 6.07) is 7.96. The molecule has 1 fully saturated rings. The Kier molecular flexibility index (Phi) is 3.22. The molecule has 6 heteroatoms. The number of benzene rings is 1. The van der Waals surface area contributed by atoms with Crippen molar-refractivity contribution in [3.63, 3.8) is 0 Å². The number of carbonyl (C=O) groups excluding carboxylic acids is 1. The monoisotopic (exact) mass is 257 g/mol. The summed E-state index contributed by atoms with van der Waals surface area (Å²) in [5.74, 6) is 0.529. The third-order valence-corrected chi connectivity index (χ3v) is 2.94. The zero-order valence-electron chi connectivity index (χ0n) is 10.5. The van der Waals surface area contributed by atoms with Crippen molar-refractivity contribution < 1.29 is 4.79 Å². The van der Waals surface area contributed by atoms with E-state index in [4.69, 9.17) is 0 Å². The summed E-state index contributed by atoms with van der Waals surface area (Å²) >= 11 is 0. The molecule has 1 aliphatic carbocycles. The Balaban J connectivity index is 1.54. The molecule has 3 rings (SSSR count). The molecular weight excluding hydrogens is 242 g/mol. The molecule has 0 unspecified atom stereocenters. The highest BCUT2D eigenvalue weighted by Crippen LogP contribution is 2.18. The maximum atomic E-state index is 11.5. The second-order valence-electron chi connectivity index (χ2n) is 4.64. The van der Waals surface area contributed by atoms with Crippen LogP contribution in [0, 0.1) is 0 Å². The average molecular weight is 257 g/mol. The van der Waals surface area contributed by atoms with Gasteiger partial charge in [-0.25, -0.2) is 4.98 Å². The van der Waals surface area contributed by atoms with Crippen LogP contribution in [-0.4, -0.2) is 33.7 Å². The number of amides is 1. The molecule has 1 saturated carbocycles. The van der Waals surface area contributed by atoms with Gasteiger partial charge in [-0.05, 0) is 25.0 Å². The van der Waals surface area contributed by atoms with Crippen molar-refractivity contribution in [1.82, 2.24) is 20.5 Å². The Bertz CT molecular complexity index is 596. The van der Waals surface area contributed by atoms with E-state index in [1.165, 1.54) is 0 Å². The van der Waals surface area contributed by atoms with Crippen molar-refractivity contribution in [3.8, 4) is 0 Å². The molecule has 1 amide bonds. The molecule has 0 saturated heterocycles. The van der Waals surface area contributed by atoms with Crippen LogP contribution in [0.5, 0.6) is 0 Å². The molecule has 19 heavy (non-hydrogen) atoms. The summed E-state index contributed by atoms with van der Waals surface area (Å²) in [7, 11) is 0. The molecule has 98 valence electrons. The lowest BCUT2D eigenvalue weighted by Crippen LogP contribution is -2.27. The molecule has 0 spiro atoms. The number of carbonyl (C=O) groups is 1. The minimum atomic E-state index is 0.0729. The second kappa shape index (κ2) is 5.17. The predicted molar refractivity (Wildman–Crippen MR) is 71.6 cm³/mol. The molecular formula is C13H15N5O. The van der Waals surface area contributed by atoms with Crippen LogP contribution in [0.3, 0.4) is 0 Å². The van der Waals surface area contributed by atoms with Gasteiger partial charge in [-0.3, -0.25) is 4.79 Å². The highest BCUT2D eigenvalue weighted by Gasteiger charge is 2.22. The first-order valence-corrected chi connectivity index (χ1v) is 6.44. The molecule has 1 aromatic carbocycles. The quantitative estimate of drug-likeness (QED) is 0.838. The number of fused-ring (bicyclic) bond motifs is 1. The van der Waals surface area contributed by atoms with Crippen molar-refractivity contribution in [2.45, 2.75) is 25.3 Å². The summed E-state index contributed by atoms with van der Waals surface area (Å²) in [4.78, 5) is 15.8. The van der Waals surface area contributed by atoms with Crippen LogP contribution in [-0.2, 0) is 4.79 Å². The largest absolute Gasteiger partial charge is 0.353 e. The molecule has 1 aliphatic rings. The molecule has 2 aromatic rings. The SMILES string of the molecule is O=C(CCNc1nnc2ccccc2n1)NC1CC1. The number of anilines is 1. The number of nitrogens with one attached hydrogen (secondary N) is 2. The van der Waals surface area contributed by atoms with Gasteiger partial charge in [-0.1, -0.05) is 12.1 Å². The van der Waals surface area contributed by atoms with Gasteiger partial charge in [-0.2, -0.15) is 0 Å².